The molecular weight excluding hydrogens is 420 g/mol. The number of hydrogen-bond donors (Lipinski definition) is 1. The zero-order chi connectivity index (χ0) is 23.7. The van der Waals surface area contributed by atoms with E-state index in [2.05, 4.69) is 79.5 Å². The van der Waals surface area contributed by atoms with E-state index in [0.717, 1.165) is 23.9 Å². The molecule has 0 aromatic heterocycles. The fourth-order valence-electron chi connectivity index (χ4n) is 4.35. The molecule has 182 valence electrons. The molecule has 0 atom stereocenters. The number of hydrogen-bond acceptors (Lipinski definition) is 1. The van der Waals surface area contributed by atoms with Gasteiger partial charge in [0.1, 0.15) is 0 Å². The number of unbranched alkanes of at least 4 members (excludes halogenated alkanes) is 11. The van der Waals surface area contributed by atoms with E-state index >= 15 is 0 Å². The summed E-state index contributed by atoms with van der Waals surface area (Å²) in [6.45, 7) is 8.42. The molecule has 2 aromatic carbocycles. The SMILES string of the molecule is CCCCCCCCCCCCCCN(Cc1ccccc1)C(=S)Nc1ccc(C)cc1C. The highest BCUT2D eigenvalue weighted by atomic mass is 32.1. The van der Waals surface area contributed by atoms with Crippen molar-refractivity contribution in [2.24, 2.45) is 0 Å². The molecule has 0 saturated heterocycles. The van der Waals surface area contributed by atoms with Crippen LogP contribution < -0.4 is 5.32 Å². The van der Waals surface area contributed by atoms with E-state index in [4.69, 9.17) is 12.2 Å². The Morgan fingerprint density at radius 2 is 1.33 bits per heavy atom. The number of benzene rings is 2. The average Bonchev–Trinajstić information content (AvgIpc) is 2.81. The van der Waals surface area contributed by atoms with Gasteiger partial charge < -0.3 is 10.2 Å². The van der Waals surface area contributed by atoms with Crippen LogP contribution in [-0.2, 0) is 6.54 Å². The molecule has 0 heterocycles. The Morgan fingerprint density at radius 3 is 1.91 bits per heavy atom. The minimum atomic E-state index is 0.828. The molecule has 0 unspecified atom stereocenters. The van der Waals surface area contributed by atoms with Gasteiger partial charge >= 0.3 is 0 Å². The number of anilines is 1. The summed E-state index contributed by atoms with van der Waals surface area (Å²) >= 11 is 5.85. The van der Waals surface area contributed by atoms with E-state index in [1.165, 1.54) is 93.7 Å². The molecular formula is C30H46N2S. The van der Waals surface area contributed by atoms with Crippen LogP contribution in [0.25, 0.3) is 0 Å². The van der Waals surface area contributed by atoms with Crippen molar-refractivity contribution >= 4 is 23.0 Å². The molecule has 0 bridgehead atoms. The maximum Gasteiger partial charge on any atom is 0.173 e. The van der Waals surface area contributed by atoms with Gasteiger partial charge in [-0.3, -0.25) is 0 Å². The summed E-state index contributed by atoms with van der Waals surface area (Å²) in [5.41, 5.74) is 4.93. The first kappa shape index (κ1) is 27.4. The summed E-state index contributed by atoms with van der Waals surface area (Å²) in [7, 11) is 0. The van der Waals surface area contributed by atoms with Gasteiger partial charge in [-0.05, 0) is 49.7 Å². The monoisotopic (exact) mass is 466 g/mol. The molecule has 2 aromatic rings. The first-order valence-corrected chi connectivity index (χ1v) is 13.7. The molecule has 0 saturated carbocycles. The van der Waals surface area contributed by atoms with Crippen LogP contribution in [0.1, 0.15) is 101 Å². The molecule has 0 radical (unpaired) electrons. The smallest absolute Gasteiger partial charge is 0.173 e. The summed E-state index contributed by atoms with van der Waals surface area (Å²) in [4.78, 5) is 2.33. The third-order valence-electron chi connectivity index (χ3n) is 6.41. The highest BCUT2D eigenvalue weighted by Crippen LogP contribution is 2.18. The van der Waals surface area contributed by atoms with Crippen LogP contribution in [0.2, 0.25) is 0 Å². The zero-order valence-electron chi connectivity index (χ0n) is 21.4. The molecule has 1 N–H and O–H groups in total. The van der Waals surface area contributed by atoms with E-state index < -0.39 is 0 Å². The summed E-state index contributed by atoms with van der Waals surface area (Å²) in [6, 6.07) is 17.2. The highest BCUT2D eigenvalue weighted by Gasteiger charge is 2.12. The van der Waals surface area contributed by atoms with Crippen LogP contribution in [0.4, 0.5) is 5.69 Å². The van der Waals surface area contributed by atoms with Crippen LogP contribution in [0.3, 0.4) is 0 Å². The van der Waals surface area contributed by atoms with E-state index in [-0.39, 0.29) is 0 Å². The van der Waals surface area contributed by atoms with Gasteiger partial charge in [0.25, 0.3) is 0 Å². The van der Waals surface area contributed by atoms with Gasteiger partial charge in [0, 0.05) is 18.8 Å². The molecule has 2 nitrogen and oxygen atoms in total. The minimum Gasteiger partial charge on any atom is -0.345 e. The van der Waals surface area contributed by atoms with Crippen molar-refractivity contribution in [1.82, 2.24) is 4.90 Å². The lowest BCUT2D eigenvalue weighted by Gasteiger charge is -2.27. The quantitative estimate of drug-likeness (QED) is 0.196. The molecule has 0 aliphatic heterocycles. The fourth-order valence-corrected chi connectivity index (χ4v) is 4.61. The van der Waals surface area contributed by atoms with Crippen molar-refractivity contribution in [2.45, 2.75) is 104 Å². The maximum absolute atomic E-state index is 5.85. The predicted octanol–water partition coefficient (Wildman–Crippen LogP) is 9.20. The number of thiocarbonyl (C=S) groups is 1. The number of aryl methyl sites for hydroxylation is 2. The molecule has 2 rings (SSSR count). The van der Waals surface area contributed by atoms with E-state index in [0.29, 0.717) is 0 Å². The molecule has 3 heteroatoms. The zero-order valence-corrected chi connectivity index (χ0v) is 22.2. The van der Waals surface area contributed by atoms with Gasteiger partial charge in [-0.15, -0.1) is 0 Å². The van der Waals surface area contributed by atoms with Crippen LogP contribution in [0.5, 0.6) is 0 Å². The lowest BCUT2D eigenvalue weighted by Crippen LogP contribution is -2.35. The second kappa shape index (κ2) is 16.7. The van der Waals surface area contributed by atoms with Gasteiger partial charge in [0.2, 0.25) is 0 Å². The number of nitrogens with zero attached hydrogens (tertiary/aromatic N) is 1. The largest absolute Gasteiger partial charge is 0.345 e. The Morgan fingerprint density at radius 1 is 0.758 bits per heavy atom. The van der Waals surface area contributed by atoms with E-state index in [9.17, 15) is 0 Å². The molecule has 0 spiro atoms. The molecule has 0 amide bonds. The standard InChI is InChI=1S/C30H46N2S/c1-4-5-6-7-8-9-10-11-12-13-14-18-23-32(25-28-19-16-15-17-20-28)30(33)31-29-22-21-26(2)24-27(29)3/h15-17,19-22,24H,4-14,18,23,25H2,1-3H3,(H,31,33). The summed E-state index contributed by atoms with van der Waals surface area (Å²) in [6.07, 6.45) is 16.5. The Kier molecular flexibility index (Phi) is 13.9. The third-order valence-corrected chi connectivity index (χ3v) is 6.77. The Labute approximate surface area is 209 Å². The lowest BCUT2D eigenvalue weighted by atomic mass is 10.1. The Hall–Kier alpha value is -1.87. The highest BCUT2D eigenvalue weighted by molar-refractivity contribution is 7.80. The lowest BCUT2D eigenvalue weighted by molar-refractivity contribution is 0.398. The first-order chi connectivity index (χ1) is 16.1. The number of nitrogens with one attached hydrogen (secondary N) is 1. The summed E-state index contributed by atoms with van der Waals surface area (Å²) in [5.74, 6) is 0. The van der Waals surface area contributed by atoms with Crippen LogP contribution >= 0.6 is 12.2 Å². The van der Waals surface area contributed by atoms with Crippen molar-refractivity contribution in [1.29, 1.82) is 0 Å². The second-order valence-electron chi connectivity index (χ2n) is 9.54. The Balaban J connectivity index is 1.73. The number of rotatable bonds is 16. The van der Waals surface area contributed by atoms with Gasteiger partial charge in [0.05, 0.1) is 0 Å². The van der Waals surface area contributed by atoms with Crippen molar-refractivity contribution in [2.75, 3.05) is 11.9 Å². The predicted molar refractivity (Wildman–Crippen MR) is 150 cm³/mol. The van der Waals surface area contributed by atoms with Gasteiger partial charge in [-0.2, -0.15) is 0 Å². The molecule has 0 aliphatic carbocycles. The summed E-state index contributed by atoms with van der Waals surface area (Å²) < 4.78 is 0. The van der Waals surface area contributed by atoms with Gasteiger partial charge in [0.15, 0.2) is 5.11 Å². The van der Waals surface area contributed by atoms with Gasteiger partial charge in [-0.25, -0.2) is 0 Å². The fraction of sp³-hybridized carbons (Fsp3) is 0.567. The Bertz CT molecular complexity index is 787. The maximum atomic E-state index is 5.85. The average molecular weight is 467 g/mol. The molecule has 33 heavy (non-hydrogen) atoms. The first-order valence-electron chi connectivity index (χ1n) is 13.3. The van der Waals surface area contributed by atoms with Crippen LogP contribution in [0, 0.1) is 13.8 Å². The summed E-state index contributed by atoms with van der Waals surface area (Å²) in [5, 5.41) is 4.34. The molecule has 0 fully saturated rings. The van der Waals surface area contributed by atoms with Crippen LogP contribution in [-0.4, -0.2) is 16.6 Å². The van der Waals surface area contributed by atoms with E-state index in [1.807, 2.05) is 0 Å². The van der Waals surface area contributed by atoms with Crippen molar-refractivity contribution in [3.05, 3.63) is 65.2 Å². The van der Waals surface area contributed by atoms with E-state index in [1.54, 1.807) is 0 Å². The van der Waals surface area contributed by atoms with Crippen LogP contribution in [0.15, 0.2) is 48.5 Å². The second-order valence-corrected chi connectivity index (χ2v) is 9.93. The van der Waals surface area contributed by atoms with Crippen molar-refractivity contribution in [3.8, 4) is 0 Å². The molecule has 0 aliphatic rings. The van der Waals surface area contributed by atoms with Crippen molar-refractivity contribution in [3.63, 3.8) is 0 Å². The van der Waals surface area contributed by atoms with Gasteiger partial charge in [-0.1, -0.05) is 126 Å². The minimum absolute atomic E-state index is 0.828. The third kappa shape index (κ3) is 11.7. The van der Waals surface area contributed by atoms with Crippen molar-refractivity contribution < 1.29 is 0 Å². The topological polar surface area (TPSA) is 15.3 Å². The normalized spacial score (nSPS) is 10.9.